The van der Waals surface area contributed by atoms with E-state index in [0.717, 1.165) is 0 Å². The Morgan fingerprint density at radius 3 is 2.47 bits per heavy atom. The molecule has 6 nitrogen and oxygen atoms in total. The van der Waals surface area contributed by atoms with Gasteiger partial charge in [-0.15, -0.1) is 0 Å². The molecule has 0 spiro atoms. The number of ether oxygens (including phenoxy) is 1. The lowest BCUT2D eigenvalue weighted by Crippen LogP contribution is -2.50. The maximum absolute atomic E-state index is 11.0. The van der Waals surface area contributed by atoms with Crippen molar-refractivity contribution in [2.24, 2.45) is 23.5 Å². The number of aliphatic carboxylic acids is 2. The van der Waals surface area contributed by atoms with Crippen LogP contribution in [0.2, 0.25) is 0 Å². The highest BCUT2D eigenvalue weighted by Gasteiger charge is 2.74. The molecule has 0 heterocycles. The SMILES string of the molecule is CO[C@@H]1C[C@](N)(C(=O)O)[C@@H]2[C@H](C(=O)O)[C@H]21. The molecule has 2 aliphatic rings. The summed E-state index contributed by atoms with van der Waals surface area (Å²) < 4.78 is 5.08. The fraction of sp³-hybridized carbons (Fsp3) is 0.778. The van der Waals surface area contributed by atoms with Gasteiger partial charge in [0, 0.05) is 25.4 Å². The van der Waals surface area contributed by atoms with Gasteiger partial charge in [-0.3, -0.25) is 9.59 Å². The van der Waals surface area contributed by atoms with E-state index in [1.165, 1.54) is 7.11 Å². The Kier molecular flexibility index (Phi) is 2.03. The van der Waals surface area contributed by atoms with Gasteiger partial charge in [-0.1, -0.05) is 0 Å². The Balaban J connectivity index is 2.26. The normalized spacial score (nSPS) is 47.3. The van der Waals surface area contributed by atoms with Crippen LogP contribution < -0.4 is 5.73 Å². The first-order valence-corrected chi connectivity index (χ1v) is 4.71. The molecular formula is C9H13NO5. The number of nitrogens with two attached hydrogens (primary N) is 1. The van der Waals surface area contributed by atoms with Crippen molar-refractivity contribution in [2.75, 3.05) is 7.11 Å². The molecule has 6 heteroatoms. The molecule has 0 aromatic rings. The molecule has 0 aromatic carbocycles. The van der Waals surface area contributed by atoms with Gasteiger partial charge in [0.05, 0.1) is 12.0 Å². The van der Waals surface area contributed by atoms with E-state index in [-0.39, 0.29) is 18.4 Å². The molecule has 84 valence electrons. The second-order valence-electron chi connectivity index (χ2n) is 4.29. The lowest BCUT2D eigenvalue weighted by Gasteiger charge is -2.23. The molecule has 15 heavy (non-hydrogen) atoms. The number of rotatable bonds is 3. The number of carboxylic acids is 2. The summed E-state index contributed by atoms with van der Waals surface area (Å²) in [6.45, 7) is 0. The van der Waals surface area contributed by atoms with Crippen molar-refractivity contribution in [3.05, 3.63) is 0 Å². The van der Waals surface area contributed by atoms with E-state index in [4.69, 9.17) is 20.7 Å². The predicted octanol–water partition coefficient (Wildman–Crippen LogP) is -0.866. The Morgan fingerprint density at radius 1 is 1.47 bits per heavy atom. The number of carboxylic acid groups (broad SMARTS) is 2. The van der Waals surface area contributed by atoms with E-state index < -0.39 is 29.3 Å². The van der Waals surface area contributed by atoms with Crippen LogP contribution in [-0.2, 0) is 14.3 Å². The van der Waals surface area contributed by atoms with E-state index in [1.54, 1.807) is 0 Å². The average molecular weight is 215 g/mol. The number of hydrogen-bond acceptors (Lipinski definition) is 4. The standard InChI is InChI=1S/C9H13NO5/c1-15-3-2-9(10,8(13)14)6-4(3)5(6)7(11)12/h3-6H,2,10H2,1H3,(H,11,12)(H,13,14)/t3-,4-,5-,6+,9-/m1/s1. The molecule has 0 aliphatic heterocycles. The largest absolute Gasteiger partial charge is 0.481 e. The monoisotopic (exact) mass is 215 g/mol. The molecule has 0 unspecified atom stereocenters. The van der Waals surface area contributed by atoms with Crippen molar-refractivity contribution >= 4 is 11.9 Å². The highest BCUT2D eigenvalue weighted by Crippen LogP contribution is 2.62. The minimum atomic E-state index is -1.44. The summed E-state index contributed by atoms with van der Waals surface area (Å²) in [4.78, 5) is 21.9. The zero-order valence-electron chi connectivity index (χ0n) is 8.21. The fourth-order valence-electron chi connectivity index (χ4n) is 2.85. The predicted molar refractivity (Wildman–Crippen MR) is 48.1 cm³/mol. The average Bonchev–Trinajstić information content (AvgIpc) is 2.82. The van der Waals surface area contributed by atoms with Gasteiger partial charge < -0.3 is 20.7 Å². The molecule has 0 saturated heterocycles. The van der Waals surface area contributed by atoms with Crippen LogP contribution >= 0.6 is 0 Å². The molecular weight excluding hydrogens is 202 g/mol. The van der Waals surface area contributed by atoms with Crippen molar-refractivity contribution in [3.8, 4) is 0 Å². The zero-order chi connectivity index (χ0) is 11.4. The van der Waals surface area contributed by atoms with E-state index >= 15 is 0 Å². The highest BCUT2D eigenvalue weighted by atomic mass is 16.5. The Labute approximate surface area is 86.0 Å². The van der Waals surface area contributed by atoms with Crippen LogP contribution in [0.3, 0.4) is 0 Å². The van der Waals surface area contributed by atoms with Gasteiger partial charge in [0.1, 0.15) is 5.54 Å². The molecule has 0 aromatic heterocycles. The summed E-state index contributed by atoms with van der Waals surface area (Å²) in [5.41, 5.74) is 4.30. The highest BCUT2D eigenvalue weighted by molar-refractivity contribution is 5.85. The van der Waals surface area contributed by atoms with Crippen molar-refractivity contribution in [3.63, 3.8) is 0 Å². The summed E-state index contributed by atoms with van der Waals surface area (Å²) in [5.74, 6) is -3.51. The summed E-state index contributed by atoms with van der Waals surface area (Å²) in [7, 11) is 1.45. The van der Waals surface area contributed by atoms with Crippen LogP contribution in [0, 0.1) is 17.8 Å². The molecule has 2 aliphatic carbocycles. The van der Waals surface area contributed by atoms with Crippen molar-refractivity contribution in [2.45, 2.75) is 18.1 Å². The van der Waals surface area contributed by atoms with E-state index in [9.17, 15) is 9.59 Å². The number of carbonyl (C=O) groups is 2. The quantitative estimate of drug-likeness (QED) is 0.564. The van der Waals surface area contributed by atoms with Crippen LogP contribution in [0.15, 0.2) is 0 Å². The first-order chi connectivity index (χ1) is 6.93. The molecule has 4 N–H and O–H groups in total. The second kappa shape index (κ2) is 2.93. The van der Waals surface area contributed by atoms with Gasteiger partial charge in [-0.25, -0.2) is 0 Å². The second-order valence-corrected chi connectivity index (χ2v) is 4.29. The lowest BCUT2D eigenvalue weighted by atomic mass is 9.91. The Morgan fingerprint density at radius 2 is 2.07 bits per heavy atom. The number of methoxy groups -OCH3 is 1. The Bertz CT molecular complexity index is 330. The molecule has 5 atom stereocenters. The van der Waals surface area contributed by atoms with Crippen LogP contribution in [-0.4, -0.2) is 40.9 Å². The third-order valence-electron chi connectivity index (χ3n) is 3.62. The van der Waals surface area contributed by atoms with Gasteiger partial charge in [-0.2, -0.15) is 0 Å². The third-order valence-corrected chi connectivity index (χ3v) is 3.62. The van der Waals surface area contributed by atoms with Crippen LogP contribution in [0.5, 0.6) is 0 Å². The summed E-state index contributed by atoms with van der Waals surface area (Å²) in [6, 6.07) is 0. The molecule has 0 radical (unpaired) electrons. The first-order valence-electron chi connectivity index (χ1n) is 4.71. The fourth-order valence-corrected chi connectivity index (χ4v) is 2.85. The van der Waals surface area contributed by atoms with Crippen LogP contribution in [0.25, 0.3) is 0 Å². The first kappa shape index (κ1) is 10.4. The molecule has 2 fully saturated rings. The van der Waals surface area contributed by atoms with Gasteiger partial charge in [0.15, 0.2) is 0 Å². The minimum absolute atomic E-state index is 0.192. The maximum Gasteiger partial charge on any atom is 0.324 e. The Hall–Kier alpha value is -1.14. The van der Waals surface area contributed by atoms with Gasteiger partial charge in [0.25, 0.3) is 0 Å². The summed E-state index contributed by atoms with van der Waals surface area (Å²) >= 11 is 0. The minimum Gasteiger partial charge on any atom is -0.481 e. The zero-order valence-corrected chi connectivity index (χ0v) is 8.21. The molecule has 2 rings (SSSR count). The summed E-state index contributed by atoms with van der Waals surface area (Å²) in [5, 5.41) is 17.9. The van der Waals surface area contributed by atoms with Crippen LogP contribution in [0.4, 0.5) is 0 Å². The molecule has 2 saturated carbocycles. The number of hydrogen-bond donors (Lipinski definition) is 3. The van der Waals surface area contributed by atoms with Gasteiger partial charge >= 0.3 is 11.9 Å². The van der Waals surface area contributed by atoms with Crippen LogP contribution in [0.1, 0.15) is 6.42 Å². The molecule has 0 amide bonds. The van der Waals surface area contributed by atoms with Crippen molar-refractivity contribution < 1.29 is 24.5 Å². The van der Waals surface area contributed by atoms with E-state index in [1.807, 2.05) is 0 Å². The topological polar surface area (TPSA) is 110 Å². The smallest absolute Gasteiger partial charge is 0.324 e. The van der Waals surface area contributed by atoms with Crippen molar-refractivity contribution in [1.82, 2.24) is 0 Å². The van der Waals surface area contributed by atoms with Gasteiger partial charge in [-0.05, 0) is 0 Å². The van der Waals surface area contributed by atoms with E-state index in [2.05, 4.69) is 0 Å². The third kappa shape index (κ3) is 1.18. The molecule has 0 bridgehead atoms. The van der Waals surface area contributed by atoms with E-state index in [0.29, 0.717) is 0 Å². The van der Waals surface area contributed by atoms with Gasteiger partial charge in [0.2, 0.25) is 0 Å². The maximum atomic E-state index is 11.0. The summed E-state index contributed by atoms with van der Waals surface area (Å²) in [6.07, 6.45) is -0.157. The lowest BCUT2D eigenvalue weighted by molar-refractivity contribution is -0.146. The van der Waals surface area contributed by atoms with Crippen molar-refractivity contribution in [1.29, 1.82) is 0 Å². The number of fused-ring (bicyclic) bond motifs is 1.